The maximum absolute atomic E-state index is 12.9. The summed E-state index contributed by atoms with van der Waals surface area (Å²) >= 11 is -1.19. The number of benzene rings is 1. The van der Waals surface area contributed by atoms with Crippen LogP contribution in [0.3, 0.4) is 0 Å². The molecule has 0 bridgehead atoms. The monoisotopic (exact) mass is 466 g/mol. The maximum atomic E-state index is 12.9. The van der Waals surface area contributed by atoms with Crippen LogP contribution in [0.4, 0.5) is 4.79 Å². The average molecular weight is 467 g/mol. The molecule has 2 saturated heterocycles. The van der Waals surface area contributed by atoms with Crippen LogP contribution in [-0.2, 0) is 32.2 Å². The summed E-state index contributed by atoms with van der Waals surface area (Å²) in [5.74, 6) is 0. The van der Waals surface area contributed by atoms with Gasteiger partial charge >= 0.3 is 6.09 Å². The molecule has 7 nitrogen and oxygen atoms in total. The Bertz CT molecular complexity index is 723. The number of carbonyl (C=O) groups excluding carboxylic acids is 1. The molecular weight excluding hydrogens is 428 g/mol. The third kappa shape index (κ3) is 7.09. The summed E-state index contributed by atoms with van der Waals surface area (Å²) in [4.78, 5) is 14.5. The molecule has 32 heavy (non-hydrogen) atoms. The molecule has 2 heterocycles. The number of rotatable bonds is 9. The number of nitrogens with zero attached hydrogens (tertiary/aromatic N) is 1. The first-order valence-corrected chi connectivity index (χ1v) is 12.7. The molecule has 0 spiro atoms. The van der Waals surface area contributed by atoms with Gasteiger partial charge in [-0.2, -0.15) is 0 Å². The fourth-order valence-electron chi connectivity index (χ4n) is 4.15. The summed E-state index contributed by atoms with van der Waals surface area (Å²) in [7, 11) is 0. The molecule has 0 aliphatic carbocycles. The van der Waals surface area contributed by atoms with E-state index >= 15 is 0 Å². The lowest BCUT2D eigenvalue weighted by Gasteiger charge is -2.37. The lowest BCUT2D eigenvalue weighted by Crippen LogP contribution is -2.52. The Labute approximate surface area is 195 Å². The molecule has 0 unspecified atom stereocenters. The third-order valence-electron chi connectivity index (χ3n) is 6.24. The van der Waals surface area contributed by atoms with E-state index in [0.29, 0.717) is 26.3 Å². The van der Waals surface area contributed by atoms with Gasteiger partial charge in [-0.25, -0.2) is 4.79 Å². The number of amides is 1. The van der Waals surface area contributed by atoms with Crippen molar-refractivity contribution in [3.8, 4) is 0 Å². The van der Waals surface area contributed by atoms with Crippen LogP contribution in [0.15, 0.2) is 30.3 Å². The second-order valence-electron chi connectivity index (χ2n) is 10.0. The van der Waals surface area contributed by atoms with Gasteiger partial charge in [0.05, 0.1) is 19.3 Å². The van der Waals surface area contributed by atoms with Crippen LogP contribution >= 0.6 is 0 Å². The molecule has 0 radical (unpaired) electrons. The van der Waals surface area contributed by atoms with Crippen molar-refractivity contribution in [3.63, 3.8) is 0 Å². The first-order valence-electron chi connectivity index (χ1n) is 11.5. The van der Waals surface area contributed by atoms with Crippen LogP contribution < -0.4 is 4.72 Å². The maximum Gasteiger partial charge on any atom is 0.410 e. The van der Waals surface area contributed by atoms with Gasteiger partial charge < -0.3 is 23.7 Å². The van der Waals surface area contributed by atoms with Crippen LogP contribution in [0.5, 0.6) is 0 Å². The molecule has 2 aliphatic rings. The molecule has 3 rings (SSSR count). The second kappa shape index (κ2) is 11.2. The number of hydrogen-bond donors (Lipinski definition) is 1. The fraction of sp³-hybridized carbons (Fsp3) is 0.708. The minimum Gasteiger partial charge on any atom is -0.598 e. The standard InChI is InChI=1S/C24H38N2O5S/c1-23(2,3)32(28)25-20(11-8-12-21-29-15-16-30-21)24(4)13-14-26(18-24)22(27)31-17-19-9-6-5-7-10-19/h5-7,9-10,20-21,25H,8,11-18H2,1-4H3/t20-,24+,32-/m0/s1. The largest absolute Gasteiger partial charge is 0.598 e. The van der Waals surface area contributed by atoms with Gasteiger partial charge in [-0.15, -0.1) is 4.72 Å². The molecule has 1 aromatic carbocycles. The Morgan fingerprint density at radius 2 is 2.00 bits per heavy atom. The van der Waals surface area contributed by atoms with E-state index in [0.717, 1.165) is 31.2 Å². The van der Waals surface area contributed by atoms with Crippen molar-refractivity contribution in [1.29, 1.82) is 0 Å². The van der Waals surface area contributed by atoms with Crippen LogP contribution in [0.25, 0.3) is 0 Å². The molecule has 180 valence electrons. The molecule has 2 fully saturated rings. The van der Waals surface area contributed by atoms with Gasteiger partial charge in [0.25, 0.3) is 0 Å². The summed E-state index contributed by atoms with van der Waals surface area (Å²) in [6.07, 6.45) is 2.97. The number of nitrogens with one attached hydrogen (secondary N) is 1. The van der Waals surface area contributed by atoms with Crippen molar-refractivity contribution in [2.45, 2.75) is 77.1 Å². The average Bonchev–Trinajstić information content (AvgIpc) is 3.42. The predicted molar refractivity (Wildman–Crippen MR) is 125 cm³/mol. The highest BCUT2D eigenvalue weighted by Gasteiger charge is 2.45. The van der Waals surface area contributed by atoms with Gasteiger partial charge in [0, 0.05) is 29.9 Å². The first-order chi connectivity index (χ1) is 15.2. The van der Waals surface area contributed by atoms with E-state index in [9.17, 15) is 9.35 Å². The molecule has 2 aliphatic heterocycles. The Balaban J connectivity index is 1.58. The summed E-state index contributed by atoms with van der Waals surface area (Å²) in [5, 5.41) is 0. The number of carbonyl (C=O) groups is 1. The topological polar surface area (TPSA) is 83.1 Å². The highest BCUT2D eigenvalue weighted by molar-refractivity contribution is 7.90. The highest BCUT2D eigenvalue weighted by Crippen LogP contribution is 2.37. The van der Waals surface area contributed by atoms with Gasteiger partial charge in [0.2, 0.25) is 0 Å². The van der Waals surface area contributed by atoms with Crippen molar-refractivity contribution in [2.24, 2.45) is 5.41 Å². The number of hydrogen-bond acceptors (Lipinski definition) is 6. The highest BCUT2D eigenvalue weighted by atomic mass is 32.2. The predicted octanol–water partition coefficient (Wildman–Crippen LogP) is 4.00. The van der Waals surface area contributed by atoms with Crippen molar-refractivity contribution >= 4 is 17.5 Å². The molecule has 3 atom stereocenters. The van der Waals surface area contributed by atoms with E-state index in [-0.39, 0.29) is 35.2 Å². The van der Waals surface area contributed by atoms with Crippen molar-refractivity contribution in [3.05, 3.63) is 35.9 Å². The summed E-state index contributed by atoms with van der Waals surface area (Å²) in [5.41, 5.74) is 0.781. The Morgan fingerprint density at radius 1 is 1.31 bits per heavy atom. The quantitative estimate of drug-likeness (QED) is 0.554. The zero-order valence-electron chi connectivity index (χ0n) is 19.8. The smallest absolute Gasteiger partial charge is 0.410 e. The van der Waals surface area contributed by atoms with E-state index in [4.69, 9.17) is 14.2 Å². The van der Waals surface area contributed by atoms with Crippen LogP contribution in [0.1, 0.15) is 58.9 Å². The van der Waals surface area contributed by atoms with Gasteiger partial charge in [-0.1, -0.05) is 37.3 Å². The van der Waals surface area contributed by atoms with E-state index in [1.165, 1.54) is 0 Å². The first kappa shape index (κ1) is 25.3. The van der Waals surface area contributed by atoms with Gasteiger partial charge in [0.1, 0.15) is 11.4 Å². The number of likely N-dealkylation sites (tertiary alicyclic amines) is 1. The molecule has 0 saturated carbocycles. The molecular formula is C24H38N2O5S. The van der Waals surface area contributed by atoms with E-state index in [2.05, 4.69) is 11.6 Å². The lowest BCUT2D eigenvalue weighted by atomic mass is 9.79. The van der Waals surface area contributed by atoms with Crippen LogP contribution in [0, 0.1) is 5.41 Å². The van der Waals surface area contributed by atoms with Crippen LogP contribution in [0.2, 0.25) is 0 Å². The summed E-state index contributed by atoms with van der Waals surface area (Å²) in [6, 6.07) is 9.71. The van der Waals surface area contributed by atoms with Crippen molar-refractivity contribution in [1.82, 2.24) is 9.62 Å². The van der Waals surface area contributed by atoms with E-state index in [1.54, 1.807) is 4.90 Å². The summed E-state index contributed by atoms with van der Waals surface area (Å²) in [6.45, 7) is 10.9. The zero-order chi connectivity index (χ0) is 23.2. The van der Waals surface area contributed by atoms with E-state index in [1.807, 2.05) is 51.1 Å². The molecule has 8 heteroatoms. The molecule has 1 N–H and O–H groups in total. The van der Waals surface area contributed by atoms with Crippen LogP contribution in [-0.4, -0.2) is 58.9 Å². The zero-order valence-corrected chi connectivity index (χ0v) is 20.6. The number of ether oxygens (including phenoxy) is 3. The van der Waals surface area contributed by atoms with Gasteiger partial charge in [0.15, 0.2) is 6.29 Å². The Kier molecular flexibility index (Phi) is 8.86. The van der Waals surface area contributed by atoms with Gasteiger partial charge in [-0.3, -0.25) is 0 Å². The van der Waals surface area contributed by atoms with Gasteiger partial charge in [-0.05, 0) is 52.0 Å². The van der Waals surface area contributed by atoms with E-state index < -0.39 is 11.4 Å². The molecule has 1 amide bonds. The Morgan fingerprint density at radius 3 is 2.66 bits per heavy atom. The Hall–Kier alpha value is -1.32. The molecule has 1 aromatic rings. The normalized spacial score (nSPS) is 24.0. The molecule has 0 aromatic heterocycles. The minimum atomic E-state index is -1.19. The second-order valence-corrected chi connectivity index (χ2v) is 12.0. The van der Waals surface area contributed by atoms with Crippen molar-refractivity contribution in [2.75, 3.05) is 26.3 Å². The van der Waals surface area contributed by atoms with Crippen molar-refractivity contribution < 1.29 is 23.6 Å². The SMILES string of the molecule is CC(C)(C)[S@+]([O-])N[C@@H](CCCC1OCCO1)[C@]1(C)CCN(C(=O)OCc2ccccc2)C1. The minimum absolute atomic E-state index is 0.0101. The summed E-state index contributed by atoms with van der Waals surface area (Å²) < 4.78 is 32.6. The fourth-order valence-corrected chi connectivity index (χ4v) is 5.17. The third-order valence-corrected chi connectivity index (χ3v) is 7.85. The lowest BCUT2D eigenvalue weighted by molar-refractivity contribution is -0.0486.